The molecule has 3 aromatic rings. The largest absolute Gasteiger partial charge is 0.493 e. The number of halogens is 5. The lowest BCUT2D eigenvalue weighted by molar-refractivity contribution is -0.132. The van der Waals surface area contributed by atoms with Crippen LogP contribution < -0.4 is 25.4 Å². The topological polar surface area (TPSA) is 106 Å². The minimum Gasteiger partial charge on any atom is -0.493 e. The van der Waals surface area contributed by atoms with Crippen molar-refractivity contribution in [2.75, 3.05) is 64.4 Å². The van der Waals surface area contributed by atoms with E-state index >= 15 is 4.39 Å². The second-order valence-electron chi connectivity index (χ2n) is 9.08. The number of hydrogen-bond donors (Lipinski definition) is 2. The number of anilines is 2. The first-order valence-electron chi connectivity index (χ1n) is 12.3. The van der Waals surface area contributed by atoms with Crippen molar-refractivity contribution < 1.29 is 31.8 Å². The number of fused-ring (bicyclic) bond motifs is 1. The van der Waals surface area contributed by atoms with Crippen LogP contribution >= 0.6 is 12.4 Å². The van der Waals surface area contributed by atoms with E-state index in [1.807, 2.05) is 0 Å². The molecule has 1 atom stereocenters. The monoisotopic (exact) mass is 586 g/mol. The molecule has 14 heteroatoms. The summed E-state index contributed by atoms with van der Waals surface area (Å²) in [6.45, 7) is -0.597. The summed E-state index contributed by atoms with van der Waals surface area (Å²) >= 11 is 0. The summed E-state index contributed by atoms with van der Waals surface area (Å²) in [4.78, 5) is 25.2. The van der Waals surface area contributed by atoms with Gasteiger partial charge < -0.3 is 30.3 Å². The lowest BCUT2D eigenvalue weighted by Gasteiger charge is -2.36. The highest BCUT2D eigenvalue weighted by molar-refractivity contribution is 5.92. The summed E-state index contributed by atoms with van der Waals surface area (Å²) < 4.78 is 65.3. The minimum atomic E-state index is -1.08. The Kier molecular flexibility index (Phi) is 10.6. The van der Waals surface area contributed by atoms with Crippen molar-refractivity contribution in [3.63, 3.8) is 0 Å². The van der Waals surface area contributed by atoms with Gasteiger partial charge >= 0.3 is 0 Å². The van der Waals surface area contributed by atoms with Crippen molar-refractivity contribution in [3.05, 3.63) is 47.5 Å². The molecule has 1 aromatic heterocycles. The average Bonchev–Trinajstić information content (AvgIpc) is 2.95. The predicted molar refractivity (Wildman–Crippen MR) is 146 cm³/mol. The number of piperazine rings is 1. The molecule has 0 unspecified atom stereocenters. The van der Waals surface area contributed by atoms with Gasteiger partial charge in [-0.15, -0.1) is 12.4 Å². The van der Waals surface area contributed by atoms with Crippen LogP contribution in [-0.2, 0) is 4.79 Å². The highest BCUT2D eigenvalue weighted by Gasteiger charge is 2.28. The SMILES string of the molecule is COc1cc2c(N)nc(N3CCN(C(=O)C[C@@H](NC(CF)CF)c4ccc(F)cc4)CC3)nc2c(F)c1OC.Cl. The number of methoxy groups -OCH3 is 2. The Morgan fingerprint density at radius 3 is 2.27 bits per heavy atom. The van der Waals surface area contributed by atoms with E-state index in [-0.39, 0.29) is 58.9 Å². The zero-order chi connectivity index (χ0) is 28.1. The Balaban J connectivity index is 0.00000441. The second-order valence-corrected chi connectivity index (χ2v) is 9.08. The van der Waals surface area contributed by atoms with E-state index < -0.39 is 37.1 Å². The number of ether oxygens (including phenoxy) is 2. The van der Waals surface area contributed by atoms with Crippen LogP contribution in [0.15, 0.2) is 30.3 Å². The van der Waals surface area contributed by atoms with E-state index in [1.54, 1.807) is 9.80 Å². The maximum Gasteiger partial charge on any atom is 0.228 e. The van der Waals surface area contributed by atoms with E-state index in [9.17, 15) is 18.0 Å². The number of rotatable bonds is 10. The standard InChI is InChI=1S/C26H30F4N6O3.ClH/c1-38-20-11-18-23(22(30)24(20)39-2)33-26(34-25(18)31)36-9-7-35(8-10-36)21(37)12-19(32-17(13-27)14-28)15-3-5-16(29)6-4-15;/h3-6,11,17,19,32H,7-10,12-14H2,1-2H3,(H2,31,33,34);1H/t19-;/m1./s1. The van der Waals surface area contributed by atoms with E-state index in [0.29, 0.717) is 31.7 Å². The van der Waals surface area contributed by atoms with Crippen LogP contribution in [-0.4, -0.2) is 80.6 Å². The molecule has 1 aliphatic heterocycles. The summed E-state index contributed by atoms with van der Waals surface area (Å²) in [6.07, 6.45) is -0.0750. The van der Waals surface area contributed by atoms with Crippen LogP contribution in [0.4, 0.5) is 29.3 Å². The maximum atomic E-state index is 15.1. The fourth-order valence-corrected chi connectivity index (χ4v) is 4.52. The van der Waals surface area contributed by atoms with Crippen LogP contribution in [0.3, 0.4) is 0 Å². The van der Waals surface area contributed by atoms with Gasteiger partial charge in [-0.1, -0.05) is 12.1 Å². The number of hydrogen-bond acceptors (Lipinski definition) is 8. The molecule has 4 rings (SSSR count). The molecule has 1 aliphatic rings. The quantitative estimate of drug-likeness (QED) is 0.347. The fraction of sp³-hybridized carbons (Fsp3) is 0.423. The second kappa shape index (κ2) is 13.7. The molecule has 1 fully saturated rings. The average molecular weight is 587 g/mol. The number of aromatic nitrogens is 2. The van der Waals surface area contributed by atoms with Gasteiger partial charge in [0.05, 0.1) is 20.3 Å². The summed E-state index contributed by atoms with van der Waals surface area (Å²) in [5.41, 5.74) is 6.65. The summed E-state index contributed by atoms with van der Waals surface area (Å²) in [7, 11) is 2.70. The first kappa shape index (κ1) is 31.0. The number of alkyl halides is 2. The van der Waals surface area contributed by atoms with Crippen molar-refractivity contribution in [3.8, 4) is 11.5 Å². The summed E-state index contributed by atoms with van der Waals surface area (Å²) in [5.74, 6) is -1.09. The third-order valence-electron chi connectivity index (χ3n) is 6.67. The normalized spacial score (nSPS) is 14.3. The van der Waals surface area contributed by atoms with Crippen molar-refractivity contribution in [1.82, 2.24) is 20.2 Å². The van der Waals surface area contributed by atoms with Crippen LogP contribution in [0.1, 0.15) is 18.0 Å². The van der Waals surface area contributed by atoms with Gasteiger partial charge in [0.2, 0.25) is 11.9 Å². The Bertz CT molecular complexity index is 1310. The van der Waals surface area contributed by atoms with Crippen molar-refractivity contribution in [2.45, 2.75) is 18.5 Å². The first-order chi connectivity index (χ1) is 18.8. The zero-order valence-electron chi connectivity index (χ0n) is 22.0. The lowest BCUT2D eigenvalue weighted by Crippen LogP contribution is -2.50. The molecule has 1 amide bonds. The molecule has 2 heterocycles. The highest BCUT2D eigenvalue weighted by atomic mass is 35.5. The van der Waals surface area contributed by atoms with Crippen LogP contribution in [0.5, 0.6) is 11.5 Å². The van der Waals surface area contributed by atoms with Gasteiger partial charge in [-0.05, 0) is 23.8 Å². The van der Waals surface area contributed by atoms with E-state index in [2.05, 4.69) is 15.3 Å². The smallest absolute Gasteiger partial charge is 0.228 e. The van der Waals surface area contributed by atoms with Crippen LogP contribution in [0.2, 0.25) is 0 Å². The number of benzene rings is 2. The number of nitrogen functional groups attached to an aromatic ring is 1. The Hall–Kier alpha value is -3.58. The maximum absolute atomic E-state index is 15.1. The molecule has 2 aromatic carbocycles. The van der Waals surface area contributed by atoms with Crippen molar-refractivity contribution >= 4 is 41.0 Å². The molecular formula is C26H31ClF4N6O3. The van der Waals surface area contributed by atoms with Gasteiger partial charge in [0, 0.05) is 44.0 Å². The van der Waals surface area contributed by atoms with Crippen molar-refractivity contribution in [2.24, 2.45) is 0 Å². The van der Waals surface area contributed by atoms with Crippen LogP contribution in [0, 0.1) is 11.6 Å². The van der Waals surface area contributed by atoms with Gasteiger partial charge in [0.1, 0.15) is 30.5 Å². The predicted octanol–water partition coefficient (Wildman–Crippen LogP) is 3.61. The lowest BCUT2D eigenvalue weighted by atomic mass is 10.0. The number of nitrogens with one attached hydrogen (secondary N) is 1. The highest BCUT2D eigenvalue weighted by Crippen LogP contribution is 2.37. The number of nitrogens with two attached hydrogens (primary N) is 1. The molecule has 1 saturated heterocycles. The van der Waals surface area contributed by atoms with Crippen LogP contribution in [0.25, 0.3) is 10.9 Å². The fourth-order valence-electron chi connectivity index (χ4n) is 4.52. The minimum absolute atomic E-state index is 0. The van der Waals surface area contributed by atoms with Gasteiger partial charge in [-0.25, -0.2) is 22.5 Å². The molecule has 0 radical (unpaired) electrons. The Labute approximate surface area is 235 Å². The van der Waals surface area contributed by atoms with E-state index in [4.69, 9.17) is 15.2 Å². The van der Waals surface area contributed by atoms with E-state index in [1.165, 1.54) is 44.6 Å². The number of amides is 1. The number of carbonyl (C=O) groups is 1. The molecule has 0 bridgehead atoms. The molecule has 40 heavy (non-hydrogen) atoms. The van der Waals surface area contributed by atoms with E-state index in [0.717, 1.165) is 0 Å². The van der Waals surface area contributed by atoms with Gasteiger partial charge in [-0.3, -0.25) is 4.79 Å². The third kappa shape index (κ3) is 6.58. The summed E-state index contributed by atoms with van der Waals surface area (Å²) in [6, 6.07) is 5.15. The summed E-state index contributed by atoms with van der Waals surface area (Å²) in [5, 5.41) is 3.10. The Morgan fingerprint density at radius 1 is 1.05 bits per heavy atom. The van der Waals surface area contributed by atoms with Gasteiger partial charge in [-0.2, -0.15) is 4.98 Å². The zero-order valence-corrected chi connectivity index (χ0v) is 22.8. The third-order valence-corrected chi connectivity index (χ3v) is 6.67. The first-order valence-corrected chi connectivity index (χ1v) is 12.3. The molecule has 0 saturated carbocycles. The molecule has 218 valence electrons. The molecular weight excluding hydrogens is 556 g/mol. The van der Waals surface area contributed by atoms with Crippen molar-refractivity contribution in [1.29, 1.82) is 0 Å². The number of nitrogens with zero attached hydrogens (tertiary/aromatic N) is 4. The molecule has 0 aliphatic carbocycles. The molecule has 3 N–H and O–H groups in total. The molecule has 0 spiro atoms. The van der Waals surface area contributed by atoms with Gasteiger partial charge in [0.25, 0.3) is 0 Å². The van der Waals surface area contributed by atoms with Gasteiger partial charge in [0.15, 0.2) is 17.3 Å². The number of carbonyl (C=O) groups excluding carboxylic acids is 1. The molecule has 9 nitrogen and oxygen atoms in total. The Morgan fingerprint density at radius 2 is 1.70 bits per heavy atom.